The van der Waals surface area contributed by atoms with Gasteiger partial charge in [0.1, 0.15) is 18.0 Å². The highest BCUT2D eigenvalue weighted by Crippen LogP contribution is 2.32. The average molecular weight is 361 g/mol. The Hall–Kier alpha value is -1.52. The second kappa shape index (κ2) is 8.72. The first-order chi connectivity index (χ1) is 12.0. The van der Waals surface area contributed by atoms with Crippen LogP contribution in [0.15, 0.2) is 59.4 Å². The molecule has 0 aromatic rings. The van der Waals surface area contributed by atoms with E-state index in [1.54, 1.807) is 7.11 Å². The van der Waals surface area contributed by atoms with Crippen LogP contribution in [0.3, 0.4) is 0 Å². The number of Topliss-reactive ketones (excluding diaryl/α,β-unsaturated/α-hetero) is 1. The maximum absolute atomic E-state index is 12.9. The van der Waals surface area contributed by atoms with Gasteiger partial charge in [0.15, 0.2) is 5.78 Å². The Kier molecular flexibility index (Phi) is 6.91. The molecule has 25 heavy (non-hydrogen) atoms. The zero-order valence-electron chi connectivity index (χ0n) is 15.5. The topological polar surface area (TPSA) is 35.5 Å². The lowest BCUT2D eigenvalue weighted by Gasteiger charge is -2.25. The molecule has 3 atom stereocenters. The molecule has 0 bridgehead atoms. The Labute approximate surface area is 156 Å². The highest BCUT2D eigenvalue weighted by Gasteiger charge is 2.33. The normalized spacial score (nSPS) is 31.2. The van der Waals surface area contributed by atoms with Crippen molar-refractivity contribution < 1.29 is 14.3 Å². The maximum atomic E-state index is 12.9. The smallest absolute Gasteiger partial charge is 0.177 e. The second-order valence-corrected chi connectivity index (χ2v) is 7.02. The Morgan fingerprint density at radius 1 is 1.20 bits per heavy atom. The minimum Gasteiger partial charge on any atom is -0.492 e. The van der Waals surface area contributed by atoms with Crippen LogP contribution in [0.4, 0.5) is 0 Å². The van der Waals surface area contributed by atoms with Crippen LogP contribution in [0, 0.1) is 5.92 Å². The van der Waals surface area contributed by atoms with Crippen LogP contribution >= 0.6 is 12.6 Å². The van der Waals surface area contributed by atoms with Gasteiger partial charge < -0.3 is 9.47 Å². The number of ether oxygens (including phenoxy) is 2. The van der Waals surface area contributed by atoms with Crippen LogP contribution in [-0.2, 0) is 14.3 Å². The fourth-order valence-electron chi connectivity index (χ4n) is 2.92. The van der Waals surface area contributed by atoms with E-state index in [9.17, 15) is 4.79 Å². The number of carbonyl (C=O) groups excluding carboxylic acids is 1. The van der Waals surface area contributed by atoms with Gasteiger partial charge in [-0.25, -0.2) is 0 Å². The molecule has 0 fully saturated rings. The number of thiol groups is 1. The van der Waals surface area contributed by atoms with Crippen molar-refractivity contribution in [2.24, 2.45) is 5.92 Å². The standard InChI is InChI=1S/C19H22O3S.C2H6/c1-19(21-2)10-8-15-17(9-11-19)22-12-16(18(15)20)13-4-3-5-14(23)7-6-13;1-2/h3-4,6,8-11,14,16,23H,5,7,12H2,1-2H3;1-2H3. The van der Waals surface area contributed by atoms with Crippen molar-refractivity contribution in [1.29, 1.82) is 0 Å². The molecular formula is C21H28O3S. The van der Waals surface area contributed by atoms with E-state index in [4.69, 9.17) is 9.47 Å². The largest absolute Gasteiger partial charge is 0.492 e. The molecule has 0 saturated heterocycles. The van der Waals surface area contributed by atoms with Crippen molar-refractivity contribution in [3.05, 3.63) is 59.4 Å². The van der Waals surface area contributed by atoms with Crippen LogP contribution in [-0.4, -0.2) is 30.4 Å². The minimum absolute atomic E-state index is 0.112. The van der Waals surface area contributed by atoms with Gasteiger partial charge >= 0.3 is 0 Å². The molecule has 0 amide bonds. The monoisotopic (exact) mass is 360 g/mol. The fraction of sp³-hybridized carbons (Fsp3) is 0.476. The van der Waals surface area contributed by atoms with Crippen LogP contribution in [0.25, 0.3) is 0 Å². The molecule has 3 rings (SSSR count). The third-order valence-corrected chi connectivity index (χ3v) is 5.01. The lowest BCUT2D eigenvalue weighted by molar-refractivity contribution is -0.120. The predicted octanol–water partition coefficient (Wildman–Crippen LogP) is 4.59. The number of hydrogen-bond donors (Lipinski definition) is 1. The highest BCUT2D eigenvalue weighted by molar-refractivity contribution is 7.80. The van der Waals surface area contributed by atoms with Gasteiger partial charge in [-0.2, -0.15) is 12.6 Å². The summed E-state index contributed by atoms with van der Waals surface area (Å²) in [7, 11) is 1.65. The summed E-state index contributed by atoms with van der Waals surface area (Å²) in [6.07, 6.45) is 15.5. The SMILES string of the molecule is CC.COC1(C)C=CC2=C(C=C1)C(=O)C(C1=CCC(S)CC=C1)CO2. The van der Waals surface area contributed by atoms with Gasteiger partial charge in [-0.05, 0) is 49.6 Å². The van der Waals surface area contributed by atoms with Gasteiger partial charge in [-0.3, -0.25) is 4.79 Å². The summed E-state index contributed by atoms with van der Waals surface area (Å²) in [5.41, 5.74) is 1.14. The molecule has 1 heterocycles. The second-order valence-electron chi connectivity index (χ2n) is 6.29. The molecule has 0 aromatic heterocycles. The lowest BCUT2D eigenvalue weighted by Crippen LogP contribution is -2.28. The van der Waals surface area contributed by atoms with Crippen molar-refractivity contribution in [2.75, 3.05) is 13.7 Å². The van der Waals surface area contributed by atoms with E-state index in [-0.39, 0.29) is 11.7 Å². The molecule has 3 unspecified atom stereocenters. The molecule has 0 spiro atoms. The first-order valence-electron chi connectivity index (χ1n) is 8.92. The third-order valence-electron chi connectivity index (χ3n) is 4.59. The van der Waals surface area contributed by atoms with E-state index in [1.165, 1.54) is 0 Å². The van der Waals surface area contributed by atoms with Crippen molar-refractivity contribution in [3.63, 3.8) is 0 Å². The average Bonchev–Trinajstić information content (AvgIpc) is 2.95. The van der Waals surface area contributed by atoms with Gasteiger partial charge in [0.2, 0.25) is 0 Å². The molecule has 3 aliphatic rings. The Bertz CT molecular complexity index is 654. The number of carbonyl (C=O) groups is 1. The molecule has 0 saturated carbocycles. The van der Waals surface area contributed by atoms with Crippen molar-refractivity contribution in [1.82, 2.24) is 0 Å². The van der Waals surface area contributed by atoms with E-state index in [0.717, 1.165) is 18.4 Å². The first kappa shape index (κ1) is 19.8. The lowest BCUT2D eigenvalue weighted by atomic mass is 9.87. The molecule has 136 valence electrons. The van der Waals surface area contributed by atoms with Gasteiger partial charge in [0.05, 0.1) is 11.5 Å². The van der Waals surface area contributed by atoms with Gasteiger partial charge in [0, 0.05) is 12.4 Å². The van der Waals surface area contributed by atoms with Crippen molar-refractivity contribution >= 4 is 18.4 Å². The quantitative estimate of drug-likeness (QED) is 0.732. The predicted molar refractivity (Wildman–Crippen MR) is 106 cm³/mol. The van der Waals surface area contributed by atoms with E-state index < -0.39 is 5.60 Å². The summed E-state index contributed by atoms with van der Waals surface area (Å²) in [4.78, 5) is 12.9. The van der Waals surface area contributed by atoms with E-state index >= 15 is 0 Å². The third kappa shape index (κ3) is 4.56. The van der Waals surface area contributed by atoms with Gasteiger partial charge in [-0.15, -0.1) is 0 Å². The number of methoxy groups -OCH3 is 1. The Morgan fingerprint density at radius 2 is 1.92 bits per heavy atom. The highest BCUT2D eigenvalue weighted by atomic mass is 32.1. The zero-order chi connectivity index (χ0) is 18.4. The summed E-state index contributed by atoms with van der Waals surface area (Å²) in [6.45, 7) is 6.33. The summed E-state index contributed by atoms with van der Waals surface area (Å²) in [6, 6.07) is 0. The summed E-state index contributed by atoms with van der Waals surface area (Å²) in [5, 5.41) is 0.321. The first-order valence-corrected chi connectivity index (χ1v) is 9.43. The van der Waals surface area contributed by atoms with Crippen LogP contribution in [0.2, 0.25) is 0 Å². The molecule has 0 N–H and O–H groups in total. The number of allylic oxidation sites excluding steroid dienone is 6. The molecule has 2 aliphatic carbocycles. The number of ketones is 1. The molecular weight excluding hydrogens is 332 g/mol. The molecule has 0 aromatic carbocycles. The fourth-order valence-corrected chi connectivity index (χ4v) is 3.15. The minimum atomic E-state index is -0.517. The van der Waals surface area contributed by atoms with E-state index in [0.29, 0.717) is 23.2 Å². The van der Waals surface area contributed by atoms with Crippen LogP contribution < -0.4 is 0 Å². The van der Waals surface area contributed by atoms with E-state index in [1.807, 2.05) is 51.2 Å². The van der Waals surface area contributed by atoms with Crippen LogP contribution in [0.5, 0.6) is 0 Å². The van der Waals surface area contributed by atoms with Crippen LogP contribution in [0.1, 0.15) is 33.6 Å². The number of hydrogen-bond acceptors (Lipinski definition) is 4. The molecule has 0 radical (unpaired) electrons. The van der Waals surface area contributed by atoms with Gasteiger partial charge in [0.25, 0.3) is 0 Å². The number of rotatable bonds is 2. The molecule has 3 nitrogen and oxygen atoms in total. The summed E-state index contributed by atoms with van der Waals surface area (Å²) >= 11 is 4.52. The molecule has 4 heteroatoms. The summed E-state index contributed by atoms with van der Waals surface area (Å²) in [5.74, 6) is 0.503. The zero-order valence-corrected chi connectivity index (χ0v) is 16.4. The molecule has 1 aliphatic heterocycles. The van der Waals surface area contributed by atoms with Crippen molar-refractivity contribution in [3.8, 4) is 0 Å². The Morgan fingerprint density at radius 3 is 2.64 bits per heavy atom. The maximum Gasteiger partial charge on any atom is 0.177 e. The van der Waals surface area contributed by atoms with Crippen molar-refractivity contribution in [2.45, 2.75) is 44.5 Å². The Balaban J connectivity index is 0.00000109. The summed E-state index contributed by atoms with van der Waals surface area (Å²) < 4.78 is 11.3. The van der Waals surface area contributed by atoms with E-state index in [2.05, 4.69) is 24.8 Å². The van der Waals surface area contributed by atoms with Gasteiger partial charge in [-0.1, -0.05) is 32.1 Å².